The summed E-state index contributed by atoms with van der Waals surface area (Å²) >= 11 is 1.38. The quantitative estimate of drug-likeness (QED) is 0.828. The van der Waals surface area contributed by atoms with Gasteiger partial charge in [-0.1, -0.05) is 24.3 Å². The van der Waals surface area contributed by atoms with Gasteiger partial charge in [0.1, 0.15) is 5.75 Å². The number of amides is 3. The second-order valence-electron chi connectivity index (χ2n) is 6.49. The fraction of sp³-hybridized carbons (Fsp3) is 0.250. The van der Waals surface area contributed by atoms with E-state index in [2.05, 4.69) is 10.6 Å². The standard InChI is InChI=1S/C20H19N3O4S/c1-21-19(25)15-11-23(13-7-3-4-8-14(13)27-15)18(24)10-17-20(26)22-12-6-2-5-9-16(12)28-17/h2-9,15,17H,10-11H2,1H3,(H,21,25)(H,22,26)/t15-,17-/m1/s1. The summed E-state index contributed by atoms with van der Waals surface area (Å²) in [6.45, 7) is 0.102. The molecule has 2 N–H and O–H groups in total. The summed E-state index contributed by atoms with van der Waals surface area (Å²) in [5.74, 6) is -0.245. The number of carbonyl (C=O) groups excluding carboxylic acids is 3. The van der Waals surface area contributed by atoms with E-state index in [0.717, 1.165) is 10.6 Å². The molecule has 2 aliphatic rings. The number of rotatable bonds is 3. The van der Waals surface area contributed by atoms with Crippen molar-refractivity contribution in [1.29, 1.82) is 0 Å². The van der Waals surface area contributed by atoms with E-state index in [-0.39, 0.29) is 30.7 Å². The van der Waals surface area contributed by atoms with Crippen LogP contribution in [0, 0.1) is 0 Å². The molecule has 2 aromatic rings. The number of benzene rings is 2. The predicted molar refractivity (Wildman–Crippen MR) is 107 cm³/mol. The number of ether oxygens (including phenoxy) is 1. The smallest absolute Gasteiger partial charge is 0.262 e. The Kier molecular flexibility index (Phi) is 4.95. The minimum Gasteiger partial charge on any atom is -0.477 e. The number of hydrogen-bond acceptors (Lipinski definition) is 5. The third kappa shape index (κ3) is 3.43. The Morgan fingerprint density at radius 1 is 1.21 bits per heavy atom. The molecule has 2 aromatic carbocycles. The normalized spacial score (nSPS) is 20.3. The molecule has 4 rings (SSSR count). The average molecular weight is 397 g/mol. The summed E-state index contributed by atoms with van der Waals surface area (Å²) < 4.78 is 5.73. The first-order chi connectivity index (χ1) is 13.6. The van der Waals surface area contributed by atoms with Gasteiger partial charge < -0.3 is 20.3 Å². The number of anilines is 2. The molecule has 2 aliphatic heterocycles. The van der Waals surface area contributed by atoms with Crippen LogP contribution < -0.4 is 20.3 Å². The maximum Gasteiger partial charge on any atom is 0.262 e. The van der Waals surface area contributed by atoms with E-state index in [1.807, 2.05) is 24.3 Å². The highest BCUT2D eigenvalue weighted by Gasteiger charge is 2.36. The monoisotopic (exact) mass is 397 g/mol. The van der Waals surface area contributed by atoms with Gasteiger partial charge in [-0.3, -0.25) is 14.4 Å². The van der Waals surface area contributed by atoms with Crippen molar-refractivity contribution in [3.63, 3.8) is 0 Å². The molecule has 2 atom stereocenters. The minimum atomic E-state index is -0.794. The molecule has 0 radical (unpaired) electrons. The zero-order valence-electron chi connectivity index (χ0n) is 15.2. The molecule has 0 aromatic heterocycles. The SMILES string of the molecule is CNC(=O)[C@H]1CN(C(=O)C[C@H]2Sc3ccccc3NC2=O)c2ccccc2O1. The largest absolute Gasteiger partial charge is 0.477 e. The minimum absolute atomic E-state index is 0.0274. The van der Waals surface area contributed by atoms with Gasteiger partial charge in [0, 0.05) is 18.4 Å². The number of hydrogen-bond donors (Lipinski definition) is 2. The molecule has 28 heavy (non-hydrogen) atoms. The molecule has 2 heterocycles. The molecular formula is C20H19N3O4S. The second kappa shape index (κ2) is 7.55. The van der Waals surface area contributed by atoms with Gasteiger partial charge in [-0.05, 0) is 24.3 Å². The molecule has 3 amide bonds. The molecule has 0 bridgehead atoms. The second-order valence-corrected chi connectivity index (χ2v) is 7.73. The Morgan fingerprint density at radius 3 is 2.79 bits per heavy atom. The fourth-order valence-electron chi connectivity index (χ4n) is 3.26. The third-order valence-corrected chi connectivity index (χ3v) is 5.96. The van der Waals surface area contributed by atoms with E-state index in [4.69, 9.17) is 4.74 Å². The van der Waals surface area contributed by atoms with Crippen molar-refractivity contribution in [3.05, 3.63) is 48.5 Å². The number of nitrogens with zero attached hydrogens (tertiary/aromatic N) is 1. The molecular weight excluding hydrogens is 378 g/mol. The highest BCUT2D eigenvalue weighted by Crippen LogP contribution is 2.38. The van der Waals surface area contributed by atoms with Crippen molar-refractivity contribution < 1.29 is 19.1 Å². The molecule has 0 aliphatic carbocycles. The maximum absolute atomic E-state index is 13.1. The van der Waals surface area contributed by atoms with Crippen molar-refractivity contribution in [2.75, 3.05) is 23.8 Å². The van der Waals surface area contributed by atoms with E-state index >= 15 is 0 Å². The number of nitrogens with one attached hydrogen (secondary N) is 2. The van der Waals surface area contributed by atoms with Crippen molar-refractivity contribution in [2.24, 2.45) is 0 Å². The van der Waals surface area contributed by atoms with E-state index in [0.29, 0.717) is 11.4 Å². The summed E-state index contributed by atoms with van der Waals surface area (Å²) in [4.78, 5) is 40.1. The Hall–Kier alpha value is -3.00. The van der Waals surface area contributed by atoms with Gasteiger partial charge in [0.15, 0.2) is 6.10 Å². The molecule has 0 fully saturated rings. The zero-order valence-corrected chi connectivity index (χ0v) is 16.0. The summed E-state index contributed by atoms with van der Waals surface area (Å²) in [5, 5.41) is 4.88. The number of para-hydroxylation sites is 3. The van der Waals surface area contributed by atoms with Crippen molar-refractivity contribution in [3.8, 4) is 5.75 Å². The number of carbonyl (C=O) groups is 3. The van der Waals surface area contributed by atoms with Gasteiger partial charge in [-0.2, -0.15) is 0 Å². The number of fused-ring (bicyclic) bond motifs is 2. The van der Waals surface area contributed by atoms with E-state index in [1.54, 1.807) is 24.3 Å². The Balaban J connectivity index is 1.55. The lowest BCUT2D eigenvalue weighted by Gasteiger charge is -2.35. The molecule has 7 nitrogen and oxygen atoms in total. The van der Waals surface area contributed by atoms with Crippen molar-refractivity contribution >= 4 is 40.9 Å². The number of likely N-dealkylation sites (N-methyl/N-ethyl adjacent to an activating group) is 1. The zero-order chi connectivity index (χ0) is 19.7. The lowest BCUT2D eigenvalue weighted by atomic mass is 10.1. The lowest BCUT2D eigenvalue weighted by Crippen LogP contribution is -2.50. The molecule has 0 unspecified atom stereocenters. The summed E-state index contributed by atoms with van der Waals surface area (Å²) in [7, 11) is 1.53. The van der Waals surface area contributed by atoms with Crippen LogP contribution in [-0.4, -0.2) is 42.7 Å². The first kappa shape index (κ1) is 18.4. The van der Waals surface area contributed by atoms with Crippen LogP contribution in [0.5, 0.6) is 5.75 Å². The van der Waals surface area contributed by atoms with E-state index < -0.39 is 11.4 Å². The molecule has 0 spiro atoms. The lowest BCUT2D eigenvalue weighted by molar-refractivity contribution is -0.128. The molecule has 0 saturated heterocycles. The van der Waals surface area contributed by atoms with Crippen molar-refractivity contribution in [2.45, 2.75) is 22.7 Å². The number of thioether (sulfide) groups is 1. The van der Waals surface area contributed by atoms with Gasteiger partial charge >= 0.3 is 0 Å². The van der Waals surface area contributed by atoms with Crippen LogP contribution in [0.15, 0.2) is 53.4 Å². The molecule has 144 valence electrons. The van der Waals surface area contributed by atoms with Gasteiger partial charge in [-0.25, -0.2) is 0 Å². The van der Waals surface area contributed by atoms with Gasteiger partial charge in [-0.15, -0.1) is 11.8 Å². The Labute approximate surface area is 166 Å². The third-order valence-electron chi connectivity index (χ3n) is 4.68. The van der Waals surface area contributed by atoms with Gasteiger partial charge in [0.25, 0.3) is 5.91 Å². The summed E-state index contributed by atoms with van der Waals surface area (Å²) in [6.07, 6.45) is -0.767. The fourth-order valence-corrected chi connectivity index (χ4v) is 4.37. The Bertz CT molecular complexity index is 949. The highest BCUT2D eigenvalue weighted by molar-refractivity contribution is 8.01. The first-order valence-corrected chi connectivity index (χ1v) is 9.79. The molecule has 8 heteroatoms. The molecule has 0 saturated carbocycles. The maximum atomic E-state index is 13.1. The van der Waals surface area contributed by atoms with Gasteiger partial charge in [0.2, 0.25) is 11.8 Å². The van der Waals surface area contributed by atoms with Crippen LogP contribution in [0.3, 0.4) is 0 Å². The van der Waals surface area contributed by atoms with Crippen molar-refractivity contribution in [1.82, 2.24) is 5.32 Å². The van der Waals surface area contributed by atoms with Crippen LogP contribution in [0.2, 0.25) is 0 Å². The first-order valence-electron chi connectivity index (χ1n) is 8.91. The van der Waals surface area contributed by atoms with E-state index in [9.17, 15) is 14.4 Å². The topological polar surface area (TPSA) is 87.7 Å². The summed E-state index contributed by atoms with van der Waals surface area (Å²) in [5.41, 5.74) is 1.37. The average Bonchev–Trinajstić information content (AvgIpc) is 2.72. The van der Waals surface area contributed by atoms with Crippen LogP contribution in [0.4, 0.5) is 11.4 Å². The highest BCUT2D eigenvalue weighted by atomic mass is 32.2. The van der Waals surface area contributed by atoms with Crippen LogP contribution >= 0.6 is 11.8 Å². The summed E-state index contributed by atoms with van der Waals surface area (Å²) in [6, 6.07) is 14.6. The van der Waals surface area contributed by atoms with E-state index in [1.165, 1.54) is 23.7 Å². The van der Waals surface area contributed by atoms with Crippen LogP contribution in [0.25, 0.3) is 0 Å². The Morgan fingerprint density at radius 2 is 1.96 bits per heavy atom. The predicted octanol–water partition coefficient (Wildman–Crippen LogP) is 2.03. The van der Waals surface area contributed by atoms with Gasteiger partial charge in [0.05, 0.1) is 23.2 Å². The van der Waals surface area contributed by atoms with Crippen LogP contribution in [0.1, 0.15) is 6.42 Å². The van der Waals surface area contributed by atoms with Crippen LogP contribution in [-0.2, 0) is 14.4 Å².